The number of nitrogens with one attached hydrogen (secondary N) is 1. The summed E-state index contributed by atoms with van der Waals surface area (Å²) >= 11 is 0. The van der Waals surface area contributed by atoms with Crippen molar-refractivity contribution in [2.45, 2.75) is 13.0 Å². The lowest BCUT2D eigenvalue weighted by molar-refractivity contribution is -0.117. The zero-order valence-corrected chi connectivity index (χ0v) is 12.2. The fourth-order valence-electron chi connectivity index (χ4n) is 2.06. The predicted octanol–water partition coefficient (Wildman–Crippen LogP) is 3.11. The van der Waals surface area contributed by atoms with Crippen LogP contribution in [0, 0.1) is 6.92 Å². The molecule has 1 heterocycles. The molecule has 1 unspecified atom stereocenters. The fraction of sp³-hybridized carbons (Fsp3) is 0.235. The van der Waals surface area contributed by atoms with Gasteiger partial charge in [-0.2, -0.15) is 0 Å². The number of amides is 1. The number of benzene rings is 1. The number of carbonyl (C=O) groups excluding carboxylic acids is 1. The van der Waals surface area contributed by atoms with E-state index in [-0.39, 0.29) is 12.0 Å². The third-order valence-electron chi connectivity index (χ3n) is 3.25. The molecule has 0 spiro atoms. The van der Waals surface area contributed by atoms with Gasteiger partial charge in [-0.25, -0.2) is 0 Å². The van der Waals surface area contributed by atoms with Crippen LogP contribution in [0.1, 0.15) is 22.8 Å². The van der Waals surface area contributed by atoms with E-state index >= 15 is 0 Å². The maximum atomic E-state index is 11.8. The minimum atomic E-state index is -0.160. The van der Waals surface area contributed by atoms with Crippen LogP contribution >= 0.6 is 0 Å². The van der Waals surface area contributed by atoms with E-state index in [1.807, 2.05) is 31.2 Å². The maximum absolute atomic E-state index is 11.8. The molecule has 0 saturated carbocycles. The second kappa shape index (κ2) is 7.45. The van der Waals surface area contributed by atoms with E-state index < -0.39 is 0 Å². The molecule has 0 saturated heterocycles. The Labute approximate surface area is 124 Å². The molecule has 1 aromatic heterocycles. The van der Waals surface area contributed by atoms with Crippen LogP contribution in [0.2, 0.25) is 0 Å². The Morgan fingerprint density at radius 3 is 2.86 bits per heavy atom. The fourth-order valence-corrected chi connectivity index (χ4v) is 2.06. The first kappa shape index (κ1) is 15.1. The molecule has 1 atom stereocenters. The molecule has 0 aliphatic rings. The second-order valence-electron chi connectivity index (χ2n) is 4.72. The van der Waals surface area contributed by atoms with Crippen molar-refractivity contribution in [3.8, 4) is 0 Å². The van der Waals surface area contributed by atoms with Crippen LogP contribution in [0.25, 0.3) is 6.08 Å². The van der Waals surface area contributed by atoms with Crippen LogP contribution in [-0.2, 0) is 9.53 Å². The van der Waals surface area contributed by atoms with Gasteiger partial charge in [-0.15, -0.1) is 0 Å². The lowest BCUT2D eigenvalue weighted by atomic mass is 10.0. The SMILES string of the molecule is COC(CNC(=O)C=Cc1ccoc1)c1ccccc1C. The summed E-state index contributed by atoms with van der Waals surface area (Å²) in [6.07, 6.45) is 6.17. The van der Waals surface area contributed by atoms with Crippen molar-refractivity contribution in [1.29, 1.82) is 0 Å². The Hall–Kier alpha value is -2.33. The number of ether oxygens (including phenoxy) is 1. The van der Waals surface area contributed by atoms with Crippen molar-refractivity contribution in [2.24, 2.45) is 0 Å². The van der Waals surface area contributed by atoms with Gasteiger partial charge in [-0.1, -0.05) is 24.3 Å². The minimum absolute atomic E-state index is 0.155. The third kappa shape index (κ3) is 4.33. The van der Waals surface area contributed by atoms with E-state index in [0.717, 1.165) is 16.7 Å². The Kier molecular flexibility index (Phi) is 5.35. The first-order valence-corrected chi connectivity index (χ1v) is 6.77. The topological polar surface area (TPSA) is 51.5 Å². The van der Waals surface area contributed by atoms with Gasteiger partial charge in [0, 0.05) is 25.3 Å². The maximum Gasteiger partial charge on any atom is 0.244 e. The van der Waals surface area contributed by atoms with Gasteiger partial charge in [0.2, 0.25) is 5.91 Å². The van der Waals surface area contributed by atoms with Crippen LogP contribution in [-0.4, -0.2) is 19.6 Å². The Morgan fingerprint density at radius 2 is 2.19 bits per heavy atom. The second-order valence-corrected chi connectivity index (χ2v) is 4.72. The smallest absolute Gasteiger partial charge is 0.244 e. The summed E-state index contributed by atoms with van der Waals surface area (Å²) in [4.78, 5) is 11.8. The summed E-state index contributed by atoms with van der Waals surface area (Å²) < 4.78 is 10.4. The average molecular weight is 285 g/mol. The predicted molar refractivity (Wildman–Crippen MR) is 81.7 cm³/mol. The van der Waals surface area contributed by atoms with Crippen LogP contribution in [0.3, 0.4) is 0 Å². The highest BCUT2D eigenvalue weighted by Gasteiger charge is 2.13. The van der Waals surface area contributed by atoms with Crippen molar-refractivity contribution in [3.63, 3.8) is 0 Å². The Balaban J connectivity index is 1.91. The average Bonchev–Trinajstić information content (AvgIpc) is 3.01. The molecule has 0 bridgehead atoms. The van der Waals surface area contributed by atoms with Gasteiger partial charge >= 0.3 is 0 Å². The molecule has 0 aliphatic carbocycles. The largest absolute Gasteiger partial charge is 0.472 e. The minimum Gasteiger partial charge on any atom is -0.472 e. The molecule has 0 aliphatic heterocycles. The third-order valence-corrected chi connectivity index (χ3v) is 3.25. The van der Waals surface area contributed by atoms with Gasteiger partial charge < -0.3 is 14.5 Å². The molecule has 0 radical (unpaired) electrons. The highest BCUT2D eigenvalue weighted by Crippen LogP contribution is 2.19. The normalized spacial score (nSPS) is 12.5. The molecule has 2 aromatic rings. The highest BCUT2D eigenvalue weighted by atomic mass is 16.5. The number of methoxy groups -OCH3 is 1. The zero-order chi connectivity index (χ0) is 15.1. The summed E-state index contributed by atoms with van der Waals surface area (Å²) in [6.45, 7) is 2.46. The monoisotopic (exact) mass is 285 g/mol. The van der Waals surface area contributed by atoms with E-state index in [1.165, 1.54) is 6.08 Å². The molecule has 1 amide bonds. The molecular weight excluding hydrogens is 266 g/mol. The summed E-state index contributed by atoms with van der Waals surface area (Å²) in [5.74, 6) is -0.160. The Bertz CT molecular complexity index is 602. The van der Waals surface area contributed by atoms with Gasteiger partial charge in [0.1, 0.15) is 0 Å². The number of hydrogen-bond acceptors (Lipinski definition) is 3. The molecule has 2 rings (SSSR count). The van der Waals surface area contributed by atoms with Gasteiger partial charge in [0.05, 0.1) is 18.6 Å². The summed E-state index contributed by atoms with van der Waals surface area (Å²) in [5.41, 5.74) is 3.08. The van der Waals surface area contributed by atoms with Crippen LogP contribution < -0.4 is 5.32 Å². The molecular formula is C17H19NO3. The van der Waals surface area contributed by atoms with E-state index in [1.54, 1.807) is 31.8 Å². The first-order chi connectivity index (χ1) is 10.2. The molecule has 110 valence electrons. The van der Waals surface area contributed by atoms with Crippen LogP contribution in [0.15, 0.2) is 53.4 Å². The zero-order valence-electron chi connectivity index (χ0n) is 12.2. The Morgan fingerprint density at radius 1 is 1.38 bits per heavy atom. The molecule has 0 fully saturated rings. The van der Waals surface area contributed by atoms with Gasteiger partial charge in [0.15, 0.2) is 0 Å². The quantitative estimate of drug-likeness (QED) is 0.830. The number of carbonyl (C=O) groups is 1. The molecule has 4 nitrogen and oxygen atoms in total. The number of rotatable bonds is 6. The van der Waals surface area contributed by atoms with Crippen molar-refractivity contribution < 1.29 is 13.9 Å². The van der Waals surface area contributed by atoms with Crippen molar-refractivity contribution >= 4 is 12.0 Å². The number of furan rings is 1. The van der Waals surface area contributed by atoms with E-state index in [9.17, 15) is 4.79 Å². The molecule has 21 heavy (non-hydrogen) atoms. The number of aryl methyl sites for hydroxylation is 1. The molecule has 4 heteroatoms. The highest BCUT2D eigenvalue weighted by molar-refractivity contribution is 5.91. The van der Waals surface area contributed by atoms with E-state index in [2.05, 4.69) is 5.32 Å². The summed E-state index contributed by atoms with van der Waals surface area (Å²) in [5, 5.41) is 2.84. The first-order valence-electron chi connectivity index (χ1n) is 6.77. The van der Waals surface area contributed by atoms with Crippen molar-refractivity contribution in [3.05, 3.63) is 65.6 Å². The van der Waals surface area contributed by atoms with E-state index in [0.29, 0.717) is 6.54 Å². The summed E-state index contributed by atoms with van der Waals surface area (Å²) in [7, 11) is 1.64. The van der Waals surface area contributed by atoms with Crippen LogP contribution in [0.4, 0.5) is 0 Å². The lowest BCUT2D eigenvalue weighted by Gasteiger charge is -2.18. The standard InChI is InChI=1S/C17H19NO3/c1-13-5-3-4-6-15(13)16(20-2)11-18-17(19)8-7-14-9-10-21-12-14/h3-10,12,16H,11H2,1-2H3,(H,18,19). The molecule has 1 N–H and O–H groups in total. The van der Waals surface area contributed by atoms with Crippen LogP contribution in [0.5, 0.6) is 0 Å². The van der Waals surface area contributed by atoms with Gasteiger partial charge in [0.25, 0.3) is 0 Å². The lowest BCUT2D eigenvalue weighted by Crippen LogP contribution is -2.27. The summed E-state index contributed by atoms with van der Waals surface area (Å²) in [6, 6.07) is 9.78. The van der Waals surface area contributed by atoms with E-state index in [4.69, 9.17) is 9.15 Å². The van der Waals surface area contributed by atoms with Gasteiger partial charge in [-0.05, 0) is 30.2 Å². The van der Waals surface area contributed by atoms with Gasteiger partial charge in [-0.3, -0.25) is 4.79 Å². The molecule has 1 aromatic carbocycles. The van der Waals surface area contributed by atoms with Crippen molar-refractivity contribution in [1.82, 2.24) is 5.32 Å². The van der Waals surface area contributed by atoms with Crippen molar-refractivity contribution in [2.75, 3.05) is 13.7 Å². The number of hydrogen-bond donors (Lipinski definition) is 1.